The van der Waals surface area contributed by atoms with Gasteiger partial charge in [-0.2, -0.15) is 17.6 Å². The van der Waals surface area contributed by atoms with Crippen molar-refractivity contribution in [3.05, 3.63) is 0 Å². The molecule has 10 heteroatoms. The van der Waals surface area contributed by atoms with E-state index in [-0.39, 0.29) is 0 Å². The van der Waals surface area contributed by atoms with Gasteiger partial charge in [0.2, 0.25) is 0 Å². The molecule has 0 aromatic heterocycles. The second kappa shape index (κ2) is 5.27. The van der Waals surface area contributed by atoms with Crippen molar-refractivity contribution < 1.29 is 46.5 Å². The Hall–Kier alpha value is -1.42. The van der Waals surface area contributed by atoms with Gasteiger partial charge in [0.25, 0.3) is 0 Å². The molecule has 0 aliphatic rings. The zero-order valence-electron chi connectivity index (χ0n) is 8.58. The lowest BCUT2D eigenvalue weighted by molar-refractivity contribution is -0.284. The Morgan fingerprint density at radius 1 is 1.06 bits per heavy atom. The molecule has 0 fully saturated rings. The largest absolute Gasteiger partial charge is 0.477 e. The molecule has 17 heavy (non-hydrogen) atoms. The Morgan fingerprint density at radius 3 is 1.76 bits per heavy atom. The minimum Gasteiger partial charge on any atom is -0.477 e. The van der Waals surface area contributed by atoms with Crippen molar-refractivity contribution >= 4 is 11.9 Å². The number of rotatable bonds is 6. The highest BCUT2D eigenvalue weighted by atomic mass is 19.3. The van der Waals surface area contributed by atoms with E-state index in [1.54, 1.807) is 0 Å². The molecule has 0 rings (SSSR count). The summed E-state index contributed by atoms with van der Waals surface area (Å²) in [6, 6.07) is 0. The van der Waals surface area contributed by atoms with E-state index in [1.165, 1.54) is 0 Å². The van der Waals surface area contributed by atoms with Crippen LogP contribution in [0, 0.1) is 0 Å². The van der Waals surface area contributed by atoms with Gasteiger partial charge in [-0.3, -0.25) is 0 Å². The van der Waals surface area contributed by atoms with E-state index >= 15 is 0 Å². The van der Waals surface area contributed by atoms with Crippen LogP contribution in [0.15, 0.2) is 0 Å². The number of hydrogen-bond donors (Lipinski definition) is 1. The van der Waals surface area contributed by atoms with E-state index in [2.05, 4.69) is 14.2 Å². The van der Waals surface area contributed by atoms with Gasteiger partial charge in [0.15, 0.2) is 0 Å². The monoisotopic (exact) mass is 264 g/mol. The second-order valence-electron chi connectivity index (χ2n) is 2.62. The molecule has 0 aromatic carbocycles. The van der Waals surface area contributed by atoms with Gasteiger partial charge in [0.1, 0.15) is 0 Å². The van der Waals surface area contributed by atoms with E-state index in [9.17, 15) is 27.2 Å². The average molecular weight is 264 g/mol. The Morgan fingerprint density at radius 2 is 1.47 bits per heavy atom. The van der Waals surface area contributed by atoms with Crippen LogP contribution in [0.4, 0.5) is 17.6 Å². The summed E-state index contributed by atoms with van der Waals surface area (Å²) < 4.78 is 62.5. The first-order chi connectivity index (χ1) is 7.61. The topological polar surface area (TPSA) is 82.1 Å². The fourth-order valence-corrected chi connectivity index (χ4v) is 0.616. The van der Waals surface area contributed by atoms with Crippen molar-refractivity contribution in [2.24, 2.45) is 0 Å². The fraction of sp³-hybridized carbons (Fsp3) is 0.714. The molecule has 6 nitrogen and oxygen atoms in total. The van der Waals surface area contributed by atoms with Gasteiger partial charge in [-0.1, -0.05) is 0 Å². The van der Waals surface area contributed by atoms with Gasteiger partial charge in [-0.15, -0.1) is 0 Å². The number of halogens is 4. The molecule has 100 valence electrons. The molecule has 0 aliphatic heterocycles. The molecule has 0 bridgehead atoms. The summed E-state index contributed by atoms with van der Waals surface area (Å²) in [4.78, 5) is 20.6. The summed E-state index contributed by atoms with van der Waals surface area (Å²) in [5.41, 5.74) is 0. The third-order valence-corrected chi connectivity index (χ3v) is 1.51. The number of hydrogen-bond acceptors (Lipinski definition) is 5. The molecule has 0 radical (unpaired) electrons. The molecule has 0 heterocycles. The Balaban J connectivity index is 4.94. The standard InChI is InChI=1S/C7H8F4O6/c1-15-5(16-2)17-4(14)7(10,11)6(8,9)3(12)13/h5H,1-2H3,(H,12,13). The number of carbonyl (C=O) groups excluding carboxylic acids is 1. The van der Waals surface area contributed by atoms with Crippen LogP contribution in [0.2, 0.25) is 0 Å². The third kappa shape index (κ3) is 3.03. The highest BCUT2D eigenvalue weighted by Gasteiger charge is 2.69. The molecular weight excluding hydrogens is 256 g/mol. The zero-order valence-corrected chi connectivity index (χ0v) is 8.58. The number of ether oxygens (including phenoxy) is 3. The second-order valence-corrected chi connectivity index (χ2v) is 2.62. The zero-order chi connectivity index (χ0) is 13.9. The third-order valence-electron chi connectivity index (χ3n) is 1.51. The minimum absolute atomic E-state index is 0.884. The van der Waals surface area contributed by atoms with Crippen LogP contribution in [0.5, 0.6) is 0 Å². The van der Waals surface area contributed by atoms with Crippen molar-refractivity contribution in [3.8, 4) is 0 Å². The molecule has 0 aromatic rings. The maximum absolute atomic E-state index is 12.8. The van der Waals surface area contributed by atoms with Crippen LogP contribution in [-0.2, 0) is 23.8 Å². The molecule has 0 unspecified atom stereocenters. The summed E-state index contributed by atoms with van der Waals surface area (Å²) in [6.45, 7) is -1.95. The lowest BCUT2D eigenvalue weighted by Gasteiger charge is -2.22. The summed E-state index contributed by atoms with van der Waals surface area (Å²) in [5.74, 6) is -17.1. The van der Waals surface area contributed by atoms with Crippen LogP contribution in [-0.4, -0.2) is 49.6 Å². The molecule has 0 aliphatic carbocycles. The SMILES string of the molecule is COC(OC)OC(=O)C(F)(F)C(F)(F)C(=O)O. The van der Waals surface area contributed by atoms with E-state index in [4.69, 9.17) is 5.11 Å². The predicted octanol–water partition coefficient (Wildman–Crippen LogP) is 0.461. The van der Waals surface area contributed by atoms with Crippen molar-refractivity contribution in [1.82, 2.24) is 0 Å². The van der Waals surface area contributed by atoms with Gasteiger partial charge < -0.3 is 19.3 Å². The van der Waals surface area contributed by atoms with Crippen molar-refractivity contribution in [3.63, 3.8) is 0 Å². The minimum atomic E-state index is -5.60. The molecular formula is C7H8F4O6. The Kier molecular flexibility index (Phi) is 4.83. The lowest BCUT2D eigenvalue weighted by Crippen LogP contribution is -2.53. The summed E-state index contributed by atoms with van der Waals surface area (Å²) >= 11 is 0. The van der Waals surface area contributed by atoms with E-state index < -0.39 is 30.3 Å². The number of esters is 1. The maximum Gasteiger partial charge on any atom is 0.415 e. The van der Waals surface area contributed by atoms with Crippen LogP contribution >= 0.6 is 0 Å². The molecule has 1 N–H and O–H groups in total. The van der Waals surface area contributed by atoms with Crippen molar-refractivity contribution in [1.29, 1.82) is 0 Å². The first-order valence-corrected chi connectivity index (χ1v) is 3.87. The quantitative estimate of drug-likeness (QED) is 0.426. The maximum atomic E-state index is 12.8. The highest BCUT2D eigenvalue weighted by Crippen LogP contribution is 2.35. The normalized spacial score (nSPS) is 12.6. The van der Waals surface area contributed by atoms with Gasteiger partial charge in [0.05, 0.1) is 0 Å². The molecule has 0 amide bonds. The average Bonchev–Trinajstić information content (AvgIpc) is 2.24. The smallest absolute Gasteiger partial charge is 0.415 e. The summed E-state index contributed by atoms with van der Waals surface area (Å²) in [5, 5.41) is 7.87. The number of aliphatic carboxylic acids is 1. The van der Waals surface area contributed by atoms with Crippen LogP contribution in [0.3, 0.4) is 0 Å². The van der Waals surface area contributed by atoms with E-state index in [1.807, 2.05) is 0 Å². The lowest BCUT2D eigenvalue weighted by atomic mass is 10.2. The fourth-order valence-electron chi connectivity index (χ4n) is 0.616. The highest BCUT2D eigenvalue weighted by molar-refractivity contribution is 5.89. The van der Waals surface area contributed by atoms with E-state index in [0.29, 0.717) is 0 Å². The number of methoxy groups -OCH3 is 2. The van der Waals surface area contributed by atoms with E-state index in [0.717, 1.165) is 14.2 Å². The van der Waals surface area contributed by atoms with Crippen molar-refractivity contribution in [2.75, 3.05) is 14.2 Å². The number of carboxylic acids is 1. The van der Waals surface area contributed by atoms with Crippen LogP contribution in [0.1, 0.15) is 0 Å². The first-order valence-electron chi connectivity index (χ1n) is 3.87. The van der Waals surface area contributed by atoms with Gasteiger partial charge in [-0.25, -0.2) is 9.59 Å². The van der Waals surface area contributed by atoms with Gasteiger partial charge in [-0.05, 0) is 0 Å². The predicted molar refractivity (Wildman–Crippen MR) is 41.4 cm³/mol. The van der Waals surface area contributed by atoms with Gasteiger partial charge >= 0.3 is 30.3 Å². The molecule has 0 spiro atoms. The van der Waals surface area contributed by atoms with Crippen molar-refractivity contribution in [2.45, 2.75) is 18.3 Å². The first kappa shape index (κ1) is 15.6. The molecule has 0 saturated carbocycles. The Bertz CT molecular complexity index is 301. The number of carboxylic acid groups (broad SMARTS) is 1. The van der Waals surface area contributed by atoms with Gasteiger partial charge in [0, 0.05) is 14.2 Å². The molecule has 0 atom stereocenters. The van der Waals surface area contributed by atoms with Crippen LogP contribution in [0.25, 0.3) is 0 Å². The number of carbonyl (C=O) groups is 2. The summed E-state index contributed by atoms with van der Waals surface area (Å²) in [6.07, 6.45) is 0. The molecule has 0 saturated heterocycles. The number of alkyl halides is 4. The van der Waals surface area contributed by atoms with Crippen LogP contribution < -0.4 is 0 Å². The summed E-state index contributed by atoms with van der Waals surface area (Å²) in [7, 11) is 1.77. The Labute approximate surface area is 92.0 Å².